The normalized spacial score (nSPS) is 10.2. The minimum Gasteiger partial charge on any atom is -0.397 e. The van der Waals surface area contributed by atoms with E-state index in [9.17, 15) is 0 Å². The molecule has 3 N–H and O–H groups in total. The van der Waals surface area contributed by atoms with Gasteiger partial charge in [0.25, 0.3) is 0 Å². The number of anilines is 1. The maximum Gasteiger partial charge on any atom is 0.102 e. The molecule has 1 aromatic carbocycles. The number of nitrogen functional groups attached to an aromatic ring is 1. The summed E-state index contributed by atoms with van der Waals surface area (Å²) in [6.45, 7) is 1.87. The van der Waals surface area contributed by atoms with E-state index in [4.69, 9.17) is 11.0 Å². The summed E-state index contributed by atoms with van der Waals surface area (Å²) in [4.78, 5) is 3.10. The van der Waals surface area contributed by atoms with Gasteiger partial charge in [-0.05, 0) is 13.0 Å². The summed E-state index contributed by atoms with van der Waals surface area (Å²) in [5, 5.41) is 9.79. The van der Waals surface area contributed by atoms with E-state index in [1.54, 1.807) is 0 Å². The van der Waals surface area contributed by atoms with E-state index in [-0.39, 0.29) is 0 Å². The summed E-state index contributed by atoms with van der Waals surface area (Å²) in [6, 6.07) is 7.73. The molecule has 0 aliphatic carbocycles. The molecule has 2 aromatic rings. The molecule has 3 heteroatoms. The number of nitrogens with one attached hydrogen (secondary N) is 1. The molecule has 64 valence electrons. The van der Waals surface area contributed by atoms with Gasteiger partial charge in [0.15, 0.2) is 0 Å². The van der Waals surface area contributed by atoms with Crippen LogP contribution in [0.2, 0.25) is 0 Å². The van der Waals surface area contributed by atoms with Gasteiger partial charge in [0.2, 0.25) is 0 Å². The molecule has 0 radical (unpaired) electrons. The van der Waals surface area contributed by atoms with Crippen molar-refractivity contribution in [3.63, 3.8) is 0 Å². The van der Waals surface area contributed by atoms with Crippen LogP contribution >= 0.6 is 0 Å². The van der Waals surface area contributed by atoms with Crippen molar-refractivity contribution in [3.05, 3.63) is 29.5 Å². The van der Waals surface area contributed by atoms with Gasteiger partial charge >= 0.3 is 0 Å². The van der Waals surface area contributed by atoms with Crippen molar-refractivity contribution in [3.8, 4) is 6.07 Å². The Morgan fingerprint density at radius 3 is 2.92 bits per heavy atom. The van der Waals surface area contributed by atoms with Crippen LogP contribution in [-0.2, 0) is 0 Å². The lowest BCUT2D eigenvalue weighted by Crippen LogP contribution is -1.84. The number of nitrogens with zero attached hydrogens (tertiary/aromatic N) is 1. The topological polar surface area (TPSA) is 65.6 Å². The Bertz CT molecular complexity index is 503. The lowest BCUT2D eigenvalue weighted by Gasteiger charge is -1.93. The first-order chi connectivity index (χ1) is 6.24. The smallest absolute Gasteiger partial charge is 0.102 e. The fraction of sp³-hybridized carbons (Fsp3) is 0.100. The van der Waals surface area contributed by atoms with E-state index in [2.05, 4.69) is 11.1 Å². The van der Waals surface area contributed by atoms with E-state index >= 15 is 0 Å². The summed E-state index contributed by atoms with van der Waals surface area (Å²) >= 11 is 0. The number of para-hydroxylation sites is 1. The third-order valence-electron chi connectivity index (χ3n) is 2.17. The highest BCUT2D eigenvalue weighted by Gasteiger charge is 2.08. The average Bonchev–Trinajstić information content (AvgIpc) is 2.43. The standard InChI is InChI=1S/C10H9N3/c1-6-8(5-11)7-3-2-4-9(12)10(7)13-6/h2-4,13H,12H2,1H3. The van der Waals surface area contributed by atoms with E-state index in [0.29, 0.717) is 11.3 Å². The molecule has 0 aliphatic rings. The molecule has 0 aliphatic heterocycles. The summed E-state index contributed by atoms with van der Waals surface area (Å²) in [5.74, 6) is 0. The summed E-state index contributed by atoms with van der Waals surface area (Å²) in [7, 11) is 0. The first-order valence-electron chi connectivity index (χ1n) is 4.01. The predicted octanol–water partition coefficient (Wildman–Crippen LogP) is 1.93. The van der Waals surface area contributed by atoms with Crippen molar-refractivity contribution in [2.45, 2.75) is 6.92 Å². The van der Waals surface area contributed by atoms with Gasteiger partial charge in [-0.2, -0.15) is 5.26 Å². The Morgan fingerprint density at radius 1 is 1.46 bits per heavy atom. The fourth-order valence-corrected chi connectivity index (χ4v) is 1.51. The zero-order chi connectivity index (χ0) is 9.42. The molecule has 13 heavy (non-hydrogen) atoms. The van der Waals surface area contributed by atoms with Gasteiger partial charge in [-0.3, -0.25) is 0 Å². The number of rotatable bonds is 0. The number of hydrogen-bond acceptors (Lipinski definition) is 2. The number of aromatic amines is 1. The van der Waals surface area contributed by atoms with E-state index < -0.39 is 0 Å². The molecule has 0 bridgehead atoms. The van der Waals surface area contributed by atoms with Crippen LogP contribution in [0.4, 0.5) is 5.69 Å². The van der Waals surface area contributed by atoms with Crippen molar-refractivity contribution in [2.24, 2.45) is 0 Å². The number of aryl methyl sites for hydroxylation is 1. The van der Waals surface area contributed by atoms with Gasteiger partial charge in [-0.1, -0.05) is 12.1 Å². The maximum absolute atomic E-state index is 8.89. The van der Waals surface area contributed by atoms with Crippen LogP contribution in [0.5, 0.6) is 0 Å². The maximum atomic E-state index is 8.89. The van der Waals surface area contributed by atoms with Gasteiger partial charge in [0, 0.05) is 11.1 Å². The predicted molar refractivity (Wildman–Crippen MR) is 52.2 cm³/mol. The van der Waals surface area contributed by atoms with Crippen LogP contribution in [0.25, 0.3) is 10.9 Å². The van der Waals surface area contributed by atoms with Gasteiger partial charge in [-0.25, -0.2) is 0 Å². The van der Waals surface area contributed by atoms with Crippen LogP contribution in [0, 0.1) is 18.3 Å². The molecular formula is C10H9N3. The van der Waals surface area contributed by atoms with Crippen LogP contribution in [-0.4, -0.2) is 4.98 Å². The zero-order valence-corrected chi connectivity index (χ0v) is 7.26. The number of benzene rings is 1. The van der Waals surface area contributed by atoms with Gasteiger partial charge in [0.05, 0.1) is 16.8 Å². The zero-order valence-electron chi connectivity index (χ0n) is 7.26. The molecule has 0 saturated carbocycles. The van der Waals surface area contributed by atoms with E-state index in [1.165, 1.54) is 0 Å². The number of nitrogens with two attached hydrogens (primary N) is 1. The van der Waals surface area contributed by atoms with E-state index in [1.807, 2.05) is 25.1 Å². The second-order valence-electron chi connectivity index (χ2n) is 3.01. The molecule has 3 nitrogen and oxygen atoms in total. The van der Waals surface area contributed by atoms with Crippen LogP contribution in [0.15, 0.2) is 18.2 Å². The molecule has 0 fully saturated rings. The molecule has 1 aromatic heterocycles. The van der Waals surface area contributed by atoms with Crippen molar-refractivity contribution < 1.29 is 0 Å². The minimum atomic E-state index is 0.683. The summed E-state index contributed by atoms with van der Waals surface area (Å²) < 4.78 is 0. The molecule has 0 unspecified atom stereocenters. The molecule has 0 saturated heterocycles. The van der Waals surface area contributed by atoms with Crippen molar-refractivity contribution in [1.82, 2.24) is 4.98 Å². The molecule has 1 heterocycles. The second-order valence-corrected chi connectivity index (χ2v) is 3.01. The molecular weight excluding hydrogens is 162 g/mol. The Morgan fingerprint density at radius 2 is 2.23 bits per heavy atom. The largest absolute Gasteiger partial charge is 0.397 e. The lowest BCUT2D eigenvalue weighted by atomic mass is 10.1. The Labute approximate surface area is 75.8 Å². The Kier molecular flexibility index (Phi) is 1.49. The number of hydrogen-bond donors (Lipinski definition) is 2. The van der Waals surface area contributed by atoms with Crippen LogP contribution < -0.4 is 5.73 Å². The summed E-state index contributed by atoms with van der Waals surface area (Å²) in [6.07, 6.45) is 0. The first kappa shape index (κ1) is 7.69. The molecule has 0 atom stereocenters. The highest BCUT2D eigenvalue weighted by atomic mass is 14.7. The second kappa shape index (κ2) is 2.53. The minimum absolute atomic E-state index is 0.683. The molecule has 0 amide bonds. The Balaban J connectivity index is 2.96. The first-order valence-corrected chi connectivity index (χ1v) is 4.01. The molecule has 0 spiro atoms. The number of aromatic nitrogens is 1. The highest BCUT2D eigenvalue weighted by molar-refractivity contribution is 5.95. The highest BCUT2D eigenvalue weighted by Crippen LogP contribution is 2.25. The monoisotopic (exact) mass is 171 g/mol. The Hall–Kier alpha value is -1.95. The summed E-state index contributed by atoms with van der Waals surface area (Å²) in [5.41, 5.74) is 8.85. The van der Waals surface area contributed by atoms with Crippen molar-refractivity contribution in [1.29, 1.82) is 5.26 Å². The van der Waals surface area contributed by atoms with Gasteiger partial charge in [0.1, 0.15) is 6.07 Å². The number of nitriles is 1. The number of H-pyrrole nitrogens is 1. The average molecular weight is 171 g/mol. The van der Waals surface area contributed by atoms with Crippen molar-refractivity contribution >= 4 is 16.6 Å². The third-order valence-corrected chi connectivity index (χ3v) is 2.17. The van der Waals surface area contributed by atoms with Gasteiger partial charge in [-0.15, -0.1) is 0 Å². The third kappa shape index (κ3) is 0.960. The molecule has 2 rings (SSSR count). The lowest BCUT2D eigenvalue weighted by molar-refractivity contribution is 1.28. The van der Waals surface area contributed by atoms with E-state index in [0.717, 1.165) is 16.6 Å². The fourth-order valence-electron chi connectivity index (χ4n) is 1.51. The quantitative estimate of drug-likeness (QED) is 0.595. The number of fused-ring (bicyclic) bond motifs is 1. The van der Waals surface area contributed by atoms with Crippen LogP contribution in [0.1, 0.15) is 11.3 Å². The van der Waals surface area contributed by atoms with Crippen LogP contribution in [0.3, 0.4) is 0 Å². The SMILES string of the molecule is Cc1[nH]c2c(N)cccc2c1C#N. The van der Waals surface area contributed by atoms with Crippen molar-refractivity contribution in [2.75, 3.05) is 5.73 Å². The van der Waals surface area contributed by atoms with Gasteiger partial charge < -0.3 is 10.7 Å².